The van der Waals surface area contributed by atoms with Gasteiger partial charge in [0.25, 0.3) is 0 Å². The first-order chi connectivity index (χ1) is 7.66. The number of hydrogen-bond donors (Lipinski definition) is 2. The molecular formula is C11H10F2N2O. The monoisotopic (exact) mass is 224 g/mol. The van der Waals surface area contributed by atoms with E-state index in [1.807, 2.05) is 0 Å². The average Bonchev–Trinajstić information content (AvgIpc) is 2.68. The van der Waals surface area contributed by atoms with Gasteiger partial charge in [0.15, 0.2) is 11.6 Å². The van der Waals surface area contributed by atoms with Gasteiger partial charge >= 0.3 is 0 Å². The zero-order valence-corrected chi connectivity index (χ0v) is 8.34. The molecule has 1 heterocycles. The van der Waals surface area contributed by atoms with Crippen LogP contribution in [-0.2, 0) is 6.54 Å². The number of halogens is 2. The quantitative estimate of drug-likeness (QED) is 0.788. The molecule has 0 aliphatic carbocycles. The van der Waals surface area contributed by atoms with Crippen molar-refractivity contribution in [1.29, 1.82) is 0 Å². The fourth-order valence-corrected chi connectivity index (χ4v) is 1.35. The molecule has 3 N–H and O–H groups in total. The molecule has 84 valence electrons. The van der Waals surface area contributed by atoms with Crippen LogP contribution >= 0.6 is 0 Å². The molecule has 0 atom stereocenters. The van der Waals surface area contributed by atoms with Crippen molar-refractivity contribution >= 4 is 11.4 Å². The first-order valence-corrected chi connectivity index (χ1v) is 4.66. The van der Waals surface area contributed by atoms with E-state index in [1.54, 1.807) is 6.07 Å². The maximum absolute atomic E-state index is 13.3. The van der Waals surface area contributed by atoms with Gasteiger partial charge < -0.3 is 15.5 Å². The van der Waals surface area contributed by atoms with Gasteiger partial charge in [0.1, 0.15) is 5.69 Å². The van der Waals surface area contributed by atoms with Gasteiger partial charge in [0.2, 0.25) is 0 Å². The molecule has 0 bridgehead atoms. The Morgan fingerprint density at radius 2 is 1.94 bits per heavy atom. The third kappa shape index (κ3) is 2.13. The van der Waals surface area contributed by atoms with Crippen LogP contribution in [0.25, 0.3) is 0 Å². The summed E-state index contributed by atoms with van der Waals surface area (Å²) in [6, 6.07) is 3.85. The molecule has 0 radical (unpaired) electrons. The summed E-state index contributed by atoms with van der Waals surface area (Å²) in [5.74, 6) is -1.41. The van der Waals surface area contributed by atoms with Gasteiger partial charge in [-0.25, -0.2) is 8.78 Å². The smallest absolute Gasteiger partial charge is 0.151 e. The summed E-state index contributed by atoms with van der Waals surface area (Å²) >= 11 is 0. The van der Waals surface area contributed by atoms with Crippen molar-refractivity contribution in [2.24, 2.45) is 0 Å². The molecule has 16 heavy (non-hydrogen) atoms. The summed E-state index contributed by atoms with van der Waals surface area (Å²) in [7, 11) is 0. The summed E-state index contributed by atoms with van der Waals surface area (Å²) in [5.41, 5.74) is 5.97. The van der Waals surface area contributed by atoms with Crippen LogP contribution in [-0.4, -0.2) is 0 Å². The van der Waals surface area contributed by atoms with E-state index in [9.17, 15) is 8.78 Å². The molecule has 0 aliphatic heterocycles. The van der Waals surface area contributed by atoms with Gasteiger partial charge in [-0.3, -0.25) is 0 Å². The first-order valence-electron chi connectivity index (χ1n) is 4.66. The maximum Gasteiger partial charge on any atom is 0.151 e. The fraction of sp³-hybridized carbons (Fsp3) is 0.0909. The van der Waals surface area contributed by atoms with Crippen molar-refractivity contribution in [3.05, 3.63) is 47.9 Å². The molecular weight excluding hydrogens is 214 g/mol. The Balaban J connectivity index is 2.15. The highest BCUT2D eigenvalue weighted by Gasteiger charge is 2.09. The Labute approximate surface area is 90.9 Å². The van der Waals surface area contributed by atoms with Crippen LogP contribution in [0.4, 0.5) is 20.2 Å². The van der Waals surface area contributed by atoms with Crippen LogP contribution in [0.3, 0.4) is 0 Å². The highest BCUT2D eigenvalue weighted by Crippen LogP contribution is 2.22. The minimum atomic E-state index is -0.707. The third-order valence-electron chi connectivity index (χ3n) is 2.11. The molecule has 3 nitrogen and oxygen atoms in total. The lowest BCUT2D eigenvalue weighted by Crippen LogP contribution is -2.04. The Morgan fingerprint density at radius 3 is 2.50 bits per heavy atom. The SMILES string of the molecule is Nc1cc(F)c(NCc2ccoc2)c(F)c1. The van der Waals surface area contributed by atoms with Crippen LogP contribution in [0.15, 0.2) is 35.1 Å². The van der Waals surface area contributed by atoms with Crippen LogP contribution in [0, 0.1) is 11.6 Å². The summed E-state index contributed by atoms with van der Waals surface area (Å²) in [5, 5.41) is 2.65. The van der Waals surface area contributed by atoms with E-state index in [-0.39, 0.29) is 17.9 Å². The average molecular weight is 224 g/mol. The summed E-state index contributed by atoms with van der Waals surface area (Å²) in [4.78, 5) is 0. The van der Waals surface area contributed by atoms with Crippen molar-refractivity contribution in [3.63, 3.8) is 0 Å². The zero-order valence-electron chi connectivity index (χ0n) is 8.34. The lowest BCUT2D eigenvalue weighted by Gasteiger charge is -2.08. The summed E-state index contributed by atoms with van der Waals surface area (Å²) in [6.45, 7) is 0.286. The lowest BCUT2D eigenvalue weighted by molar-refractivity contribution is 0.564. The maximum atomic E-state index is 13.3. The second-order valence-corrected chi connectivity index (χ2v) is 3.34. The molecule has 1 aromatic heterocycles. The van der Waals surface area contributed by atoms with Crippen molar-refractivity contribution in [2.75, 3.05) is 11.1 Å². The number of hydrogen-bond acceptors (Lipinski definition) is 3. The Morgan fingerprint density at radius 1 is 1.25 bits per heavy atom. The van der Waals surface area contributed by atoms with Crippen molar-refractivity contribution in [1.82, 2.24) is 0 Å². The molecule has 0 unspecified atom stereocenters. The molecule has 1 aromatic carbocycles. The Hall–Kier alpha value is -2.04. The van der Waals surface area contributed by atoms with Gasteiger partial charge in [0, 0.05) is 17.8 Å². The standard InChI is InChI=1S/C11H10F2N2O/c12-9-3-8(14)4-10(13)11(9)15-5-7-1-2-16-6-7/h1-4,6,15H,5,14H2. The second kappa shape index (κ2) is 4.22. The number of rotatable bonds is 3. The molecule has 0 saturated carbocycles. The zero-order chi connectivity index (χ0) is 11.5. The number of nitrogen functional groups attached to an aromatic ring is 1. The summed E-state index contributed by atoms with van der Waals surface area (Å²) in [6.07, 6.45) is 2.99. The number of furan rings is 1. The normalized spacial score (nSPS) is 10.4. The van der Waals surface area contributed by atoms with Crippen LogP contribution in [0.1, 0.15) is 5.56 Å². The lowest BCUT2D eigenvalue weighted by atomic mass is 10.2. The van der Waals surface area contributed by atoms with Crippen molar-refractivity contribution < 1.29 is 13.2 Å². The largest absolute Gasteiger partial charge is 0.472 e. The van der Waals surface area contributed by atoms with Crippen molar-refractivity contribution in [3.8, 4) is 0 Å². The van der Waals surface area contributed by atoms with E-state index >= 15 is 0 Å². The molecule has 0 saturated heterocycles. The molecule has 0 fully saturated rings. The van der Waals surface area contributed by atoms with E-state index in [2.05, 4.69) is 5.32 Å². The van der Waals surface area contributed by atoms with E-state index in [0.29, 0.717) is 0 Å². The number of nitrogens with one attached hydrogen (secondary N) is 1. The molecule has 5 heteroatoms. The first kappa shape index (κ1) is 10.5. The molecule has 0 amide bonds. The second-order valence-electron chi connectivity index (χ2n) is 3.34. The predicted molar refractivity (Wildman–Crippen MR) is 56.8 cm³/mol. The number of anilines is 2. The number of nitrogens with two attached hydrogens (primary N) is 1. The summed E-state index contributed by atoms with van der Waals surface area (Å²) < 4.78 is 31.5. The third-order valence-corrected chi connectivity index (χ3v) is 2.11. The highest BCUT2D eigenvalue weighted by molar-refractivity contribution is 5.54. The van der Waals surface area contributed by atoms with Gasteiger partial charge in [-0.15, -0.1) is 0 Å². The van der Waals surface area contributed by atoms with Gasteiger partial charge in [-0.05, 0) is 18.2 Å². The van der Waals surface area contributed by atoms with Crippen LogP contribution in [0.5, 0.6) is 0 Å². The van der Waals surface area contributed by atoms with Gasteiger partial charge in [-0.2, -0.15) is 0 Å². The van der Waals surface area contributed by atoms with Gasteiger partial charge in [-0.1, -0.05) is 0 Å². The molecule has 0 spiro atoms. The minimum Gasteiger partial charge on any atom is -0.472 e. The molecule has 2 rings (SSSR count). The predicted octanol–water partition coefficient (Wildman–Crippen LogP) is 2.75. The van der Waals surface area contributed by atoms with E-state index < -0.39 is 11.6 Å². The van der Waals surface area contributed by atoms with E-state index in [0.717, 1.165) is 17.7 Å². The van der Waals surface area contributed by atoms with Crippen molar-refractivity contribution in [2.45, 2.75) is 6.54 Å². The topological polar surface area (TPSA) is 51.2 Å². The van der Waals surface area contributed by atoms with Crippen LogP contribution in [0.2, 0.25) is 0 Å². The van der Waals surface area contributed by atoms with E-state index in [4.69, 9.17) is 10.2 Å². The Kier molecular flexibility index (Phi) is 2.76. The minimum absolute atomic E-state index is 0.0591. The fourth-order valence-electron chi connectivity index (χ4n) is 1.35. The van der Waals surface area contributed by atoms with E-state index in [1.165, 1.54) is 12.5 Å². The Bertz CT molecular complexity index is 460. The van der Waals surface area contributed by atoms with Crippen LogP contribution < -0.4 is 11.1 Å². The highest BCUT2D eigenvalue weighted by atomic mass is 19.1. The number of benzene rings is 1. The van der Waals surface area contributed by atoms with Gasteiger partial charge in [0.05, 0.1) is 12.5 Å². The molecule has 0 aliphatic rings. The molecule has 2 aromatic rings.